The Labute approximate surface area is 389 Å². The number of benzene rings is 9. The molecule has 3 heterocycles. The van der Waals surface area contributed by atoms with E-state index >= 15 is 0 Å². The summed E-state index contributed by atoms with van der Waals surface area (Å²) in [6.45, 7) is 0. The predicted octanol–water partition coefficient (Wildman–Crippen LogP) is 16.8. The summed E-state index contributed by atoms with van der Waals surface area (Å²) >= 11 is 0. The number of nitrogens with zero attached hydrogens (tertiary/aromatic N) is 3. The Morgan fingerprint density at radius 1 is 0.269 bits per heavy atom. The van der Waals surface area contributed by atoms with E-state index in [4.69, 9.17) is 19.4 Å². The smallest absolute Gasteiger partial charge is 0.160 e. The second-order valence-corrected chi connectivity index (χ2v) is 16.7. The van der Waals surface area contributed by atoms with Crippen molar-refractivity contribution < 1.29 is 4.42 Å². The minimum atomic E-state index is 0.659. The zero-order chi connectivity index (χ0) is 44.5. The quantitative estimate of drug-likeness (QED) is 0.145. The van der Waals surface area contributed by atoms with Gasteiger partial charge in [-0.1, -0.05) is 231 Å². The van der Waals surface area contributed by atoms with Crippen LogP contribution in [0.1, 0.15) is 0 Å². The van der Waals surface area contributed by atoms with Crippen LogP contribution in [0.25, 0.3) is 123 Å². The Hall–Kier alpha value is -8.99. The van der Waals surface area contributed by atoms with Crippen molar-refractivity contribution in [3.63, 3.8) is 0 Å². The standard InChI is InChI=1S/C63H41N3O/c1-6-20-44(21-7-1)58-57(59(45-22-8-2-9-23-45)61(47-26-12-4-13-27-47)66-60(58)46-24-10-3-11-25-46)50-31-18-30-49(40-50)55-41-54(64-63(65-55)48-28-14-5-15-29-48)43-38-36-42(37-39-43)51-33-19-34-53-52-32-16-17-35-56(52)67-62(51)53/h1-41H. The third kappa shape index (κ3) is 7.47. The Bertz CT molecular complexity index is 3600. The van der Waals surface area contributed by atoms with Gasteiger partial charge in [0.1, 0.15) is 11.2 Å². The van der Waals surface area contributed by atoms with Gasteiger partial charge in [0.15, 0.2) is 5.82 Å². The molecule has 4 nitrogen and oxygen atoms in total. The molecule has 0 aliphatic carbocycles. The van der Waals surface area contributed by atoms with Crippen LogP contribution in [0.15, 0.2) is 253 Å². The molecule has 0 aliphatic rings. The van der Waals surface area contributed by atoms with Crippen molar-refractivity contribution >= 4 is 21.9 Å². The fraction of sp³-hybridized carbons (Fsp3) is 0. The van der Waals surface area contributed by atoms with Gasteiger partial charge in [-0.15, -0.1) is 0 Å². The molecular weight excluding hydrogens is 815 g/mol. The first-order chi connectivity index (χ1) is 33.2. The van der Waals surface area contributed by atoms with Crippen LogP contribution in [0.2, 0.25) is 0 Å². The minimum absolute atomic E-state index is 0.659. The van der Waals surface area contributed by atoms with E-state index < -0.39 is 0 Å². The Balaban J connectivity index is 1.06. The fourth-order valence-electron chi connectivity index (χ4n) is 9.34. The molecule has 12 rings (SSSR count). The second kappa shape index (κ2) is 17.2. The maximum absolute atomic E-state index is 6.42. The van der Waals surface area contributed by atoms with Gasteiger partial charge in [-0.3, -0.25) is 0 Å². The summed E-state index contributed by atoms with van der Waals surface area (Å²) in [5.74, 6) is 0.659. The van der Waals surface area contributed by atoms with Crippen LogP contribution in [-0.4, -0.2) is 15.0 Å². The van der Waals surface area contributed by atoms with E-state index in [1.54, 1.807) is 0 Å². The summed E-state index contributed by atoms with van der Waals surface area (Å²) in [4.78, 5) is 16.2. The molecule has 0 N–H and O–H groups in total. The molecule has 0 aliphatic heterocycles. The first-order valence-corrected chi connectivity index (χ1v) is 22.6. The third-order valence-electron chi connectivity index (χ3n) is 12.5. The van der Waals surface area contributed by atoms with Crippen molar-refractivity contribution in [3.05, 3.63) is 249 Å². The SMILES string of the molecule is c1ccc(-c2nc(-c3ccc(-c4cccc5c4oc4ccccc45)cc3)cc(-c3cccc(-c4c(-c5ccccc5)c(-c5ccccc5)nc(-c5ccccc5)c4-c4ccccc4)c3)n2)cc1. The monoisotopic (exact) mass is 855 g/mol. The van der Waals surface area contributed by atoms with Crippen LogP contribution >= 0.6 is 0 Å². The van der Waals surface area contributed by atoms with Crippen molar-refractivity contribution in [3.8, 4) is 101 Å². The lowest BCUT2D eigenvalue weighted by Crippen LogP contribution is -2.01. The van der Waals surface area contributed by atoms with E-state index in [1.165, 1.54) is 0 Å². The second-order valence-electron chi connectivity index (χ2n) is 16.7. The van der Waals surface area contributed by atoms with Gasteiger partial charge in [0.2, 0.25) is 0 Å². The van der Waals surface area contributed by atoms with Crippen molar-refractivity contribution in [2.45, 2.75) is 0 Å². The van der Waals surface area contributed by atoms with Crippen LogP contribution in [0.5, 0.6) is 0 Å². The molecule has 4 heteroatoms. The lowest BCUT2D eigenvalue weighted by molar-refractivity contribution is 0.670. The van der Waals surface area contributed by atoms with E-state index in [0.717, 1.165) is 117 Å². The molecule has 12 aromatic rings. The van der Waals surface area contributed by atoms with Gasteiger partial charge in [-0.05, 0) is 40.5 Å². The molecule has 9 aromatic carbocycles. The van der Waals surface area contributed by atoms with Gasteiger partial charge >= 0.3 is 0 Å². The van der Waals surface area contributed by atoms with Crippen LogP contribution in [-0.2, 0) is 0 Å². The Morgan fingerprint density at radius 3 is 1.31 bits per heavy atom. The summed E-state index contributed by atoms with van der Waals surface area (Å²) < 4.78 is 6.42. The molecule has 67 heavy (non-hydrogen) atoms. The van der Waals surface area contributed by atoms with E-state index in [-0.39, 0.29) is 0 Å². The van der Waals surface area contributed by atoms with E-state index in [2.05, 4.69) is 218 Å². The number of hydrogen-bond acceptors (Lipinski definition) is 4. The molecule has 0 atom stereocenters. The first-order valence-electron chi connectivity index (χ1n) is 22.6. The van der Waals surface area contributed by atoms with Crippen LogP contribution in [0.3, 0.4) is 0 Å². The number of hydrogen-bond donors (Lipinski definition) is 0. The first kappa shape index (κ1) is 39.6. The number of para-hydroxylation sites is 2. The molecule has 3 aromatic heterocycles. The summed E-state index contributed by atoms with van der Waals surface area (Å²) in [6, 6.07) is 86.8. The maximum atomic E-state index is 6.42. The molecule has 0 spiro atoms. The van der Waals surface area contributed by atoms with Crippen LogP contribution in [0, 0.1) is 0 Å². The largest absolute Gasteiger partial charge is 0.455 e. The average Bonchev–Trinajstić information content (AvgIpc) is 3.81. The fourth-order valence-corrected chi connectivity index (χ4v) is 9.34. The van der Waals surface area contributed by atoms with Crippen molar-refractivity contribution in [1.82, 2.24) is 15.0 Å². The highest BCUT2D eigenvalue weighted by atomic mass is 16.3. The van der Waals surface area contributed by atoms with E-state index in [0.29, 0.717) is 5.82 Å². The molecule has 0 fully saturated rings. The highest BCUT2D eigenvalue weighted by Gasteiger charge is 2.26. The van der Waals surface area contributed by atoms with Gasteiger partial charge in [-0.25, -0.2) is 15.0 Å². The van der Waals surface area contributed by atoms with Gasteiger partial charge in [0, 0.05) is 60.8 Å². The number of fused-ring (bicyclic) bond motifs is 3. The normalized spacial score (nSPS) is 11.3. The summed E-state index contributed by atoms with van der Waals surface area (Å²) in [5.41, 5.74) is 18.8. The third-order valence-corrected chi connectivity index (χ3v) is 12.5. The van der Waals surface area contributed by atoms with Gasteiger partial charge in [0.25, 0.3) is 0 Å². The summed E-state index contributed by atoms with van der Waals surface area (Å²) in [7, 11) is 0. The highest BCUT2D eigenvalue weighted by molar-refractivity contribution is 6.10. The predicted molar refractivity (Wildman–Crippen MR) is 276 cm³/mol. The molecule has 314 valence electrons. The van der Waals surface area contributed by atoms with Gasteiger partial charge in [-0.2, -0.15) is 0 Å². The Kier molecular flexibility index (Phi) is 10.2. The average molecular weight is 856 g/mol. The number of aromatic nitrogens is 3. The topological polar surface area (TPSA) is 51.8 Å². The maximum Gasteiger partial charge on any atom is 0.160 e. The van der Waals surface area contributed by atoms with Gasteiger partial charge in [0.05, 0.1) is 22.8 Å². The van der Waals surface area contributed by atoms with Crippen molar-refractivity contribution in [1.29, 1.82) is 0 Å². The highest BCUT2D eigenvalue weighted by Crippen LogP contribution is 2.49. The lowest BCUT2D eigenvalue weighted by Gasteiger charge is -2.23. The Morgan fingerprint density at radius 2 is 0.716 bits per heavy atom. The number of pyridine rings is 1. The molecule has 0 radical (unpaired) electrons. The minimum Gasteiger partial charge on any atom is -0.455 e. The summed E-state index contributed by atoms with van der Waals surface area (Å²) in [5, 5.41) is 2.23. The van der Waals surface area contributed by atoms with Gasteiger partial charge < -0.3 is 4.42 Å². The zero-order valence-corrected chi connectivity index (χ0v) is 36.4. The zero-order valence-electron chi connectivity index (χ0n) is 36.4. The molecule has 0 saturated heterocycles. The number of furan rings is 1. The van der Waals surface area contributed by atoms with Crippen molar-refractivity contribution in [2.24, 2.45) is 0 Å². The molecule has 0 bridgehead atoms. The van der Waals surface area contributed by atoms with E-state index in [9.17, 15) is 0 Å². The number of rotatable bonds is 9. The van der Waals surface area contributed by atoms with Crippen LogP contribution in [0.4, 0.5) is 0 Å². The summed E-state index contributed by atoms with van der Waals surface area (Å²) in [6.07, 6.45) is 0. The van der Waals surface area contributed by atoms with Crippen LogP contribution < -0.4 is 0 Å². The lowest BCUT2D eigenvalue weighted by atomic mass is 9.83. The molecule has 0 saturated carbocycles. The van der Waals surface area contributed by atoms with E-state index in [1.807, 2.05) is 30.3 Å². The molecule has 0 amide bonds. The van der Waals surface area contributed by atoms with Crippen molar-refractivity contribution in [2.75, 3.05) is 0 Å². The molecule has 0 unspecified atom stereocenters. The molecular formula is C63H41N3O.